The molecule has 0 bridgehead atoms. The SMILES string of the molecule is O=C(NCc1cc(OCc2ccccc2F)ccc1F)c1ccn2ncnc2c1. The van der Waals surface area contributed by atoms with Crippen LogP contribution < -0.4 is 10.1 Å². The number of carbonyl (C=O) groups is 1. The molecule has 8 heteroatoms. The summed E-state index contributed by atoms with van der Waals surface area (Å²) >= 11 is 0. The van der Waals surface area contributed by atoms with Crippen LogP contribution in [0.4, 0.5) is 8.78 Å². The maximum atomic E-state index is 14.1. The zero-order valence-electron chi connectivity index (χ0n) is 15.2. The molecule has 0 unspecified atom stereocenters. The number of amides is 1. The molecule has 2 heterocycles. The first-order valence-electron chi connectivity index (χ1n) is 8.82. The number of pyridine rings is 1. The molecule has 0 aliphatic rings. The van der Waals surface area contributed by atoms with Crippen LogP contribution in [0.15, 0.2) is 67.1 Å². The molecule has 6 nitrogen and oxygen atoms in total. The first-order valence-corrected chi connectivity index (χ1v) is 8.82. The molecule has 1 N–H and O–H groups in total. The highest BCUT2D eigenvalue weighted by Crippen LogP contribution is 2.19. The maximum absolute atomic E-state index is 14.1. The van der Waals surface area contributed by atoms with Crippen molar-refractivity contribution in [2.75, 3.05) is 0 Å². The predicted octanol–water partition coefficient (Wildman–Crippen LogP) is 3.52. The highest BCUT2D eigenvalue weighted by molar-refractivity contribution is 5.94. The second-order valence-electron chi connectivity index (χ2n) is 6.29. The Morgan fingerprint density at radius 2 is 1.86 bits per heavy atom. The van der Waals surface area contributed by atoms with Gasteiger partial charge in [-0.15, -0.1) is 0 Å². The van der Waals surface area contributed by atoms with Crippen LogP contribution in [0, 0.1) is 11.6 Å². The number of ether oxygens (including phenoxy) is 1. The number of halogens is 2. The van der Waals surface area contributed by atoms with E-state index in [1.807, 2.05) is 0 Å². The fourth-order valence-corrected chi connectivity index (χ4v) is 2.79. The lowest BCUT2D eigenvalue weighted by Gasteiger charge is -2.11. The van der Waals surface area contributed by atoms with Crippen LogP contribution in [0.1, 0.15) is 21.5 Å². The van der Waals surface area contributed by atoms with Crippen molar-refractivity contribution in [3.63, 3.8) is 0 Å². The van der Waals surface area contributed by atoms with Crippen LogP contribution in [0.3, 0.4) is 0 Å². The van der Waals surface area contributed by atoms with Crippen molar-refractivity contribution in [3.8, 4) is 5.75 Å². The number of rotatable bonds is 6. The Balaban J connectivity index is 1.42. The molecule has 146 valence electrons. The van der Waals surface area contributed by atoms with Gasteiger partial charge in [-0.3, -0.25) is 4.79 Å². The maximum Gasteiger partial charge on any atom is 0.251 e. The monoisotopic (exact) mass is 394 g/mol. The Morgan fingerprint density at radius 3 is 2.72 bits per heavy atom. The number of hydrogen-bond acceptors (Lipinski definition) is 4. The van der Waals surface area contributed by atoms with E-state index in [2.05, 4.69) is 15.4 Å². The summed E-state index contributed by atoms with van der Waals surface area (Å²) in [7, 11) is 0. The quantitative estimate of drug-likeness (QED) is 0.543. The van der Waals surface area contributed by atoms with Crippen molar-refractivity contribution < 1.29 is 18.3 Å². The van der Waals surface area contributed by atoms with Crippen LogP contribution in [0.5, 0.6) is 5.75 Å². The van der Waals surface area contributed by atoms with E-state index in [9.17, 15) is 13.6 Å². The minimum absolute atomic E-state index is 0.0163. The second kappa shape index (κ2) is 8.05. The molecule has 0 aliphatic carbocycles. The largest absolute Gasteiger partial charge is 0.489 e. The summed E-state index contributed by atoms with van der Waals surface area (Å²) < 4.78 is 34.9. The highest BCUT2D eigenvalue weighted by atomic mass is 19.1. The fourth-order valence-electron chi connectivity index (χ4n) is 2.79. The lowest BCUT2D eigenvalue weighted by molar-refractivity contribution is 0.0950. The standard InChI is InChI=1S/C21H16F2N4O2/c22-18-4-2-1-3-15(18)12-29-17-5-6-19(23)16(9-17)11-24-21(28)14-7-8-27-20(10-14)25-13-26-27/h1-10,13H,11-12H2,(H,24,28). The topological polar surface area (TPSA) is 68.5 Å². The Hall–Kier alpha value is -3.81. The molecule has 0 spiro atoms. The molecule has 0 fully saturated rings. The highest BCUT2D eigenvalue weighted by Gasteiger charge is 2.11. The zero-order chi connectivity index (χ0) is 20.2. The van der Waals surface area contributed by atoms with Gasteiger partial charge in [-0.05, 0) is 36.4 Å². The van der Waals surface area contributed by atoms with Gasteiger partial charge in [0.1, 0.15) is 30.3 Å². The zero-order valence-corrected chi connectivity index (χ0v) is 15.2. The van der Waals surface area contributed by atoms with Gasteiger partial charge in [-0.25, -0.2) is 18.3 Å². The number of benzene rings is 2. The molecule has 29 heavy (non-hydrogen) atoms. The smallest absolute Gasteiger partial charge is 0.251 e. The normalized spacial score (nSPS) is 10.8. The van der Waals surface area contributed by atoms with Crippen molar-refractivity contribution in [1.29, 1.82) is 0 Å². The average Bonchev–Trinajstić information content (AvgIpc) is 3.21. The number of aromatic nitrogens is 3. The Bertz CT molecular complexity index is 1180. The second-order valence-corrected chi connectivity index (χ2v) is 6.29. The summed E-state index contributed by atoms with van der Waals surface area (Å²) in [4.78, 5) is 16.4. The van der Waals surface area contributed by atoms with Gasteiger partial charge < -0.3 is 10.1 Å². The lowest BCUT2D eigenvalue weighted by Crippen LogP contribution is -2.23. The minimum atomic E-state index is -0.476. The molecule has 4 rings (SSSR count). The van der Waals surface area contributed by atoms with E-state index in [1.54, 1.807) is 36.5 Å². The third kappa shape index (κ3) is 4.21. The number of nitrogens with zero attached hydrogens (tertiary/aromatic N) is 3. The van der Waals surface area contributed by atoms with Gasteiger partial charge in [0, 0.05) is 29.4 Å². The van der Waals surface area contributed by atoms with E-state index in [-0.39, 0.29) is 30.4 Å². The van der Waals surface area contributed by atoms with Gasteiger partial charge in [0.2, 0.25) is 0 Å². The van der Waals surface area contributed by atoms with E-state index < -0.39 is 5.82 Å². The Morgan fingerprint density at radius 1 is 1.03 bits per heavy atom. The first-order chi connectivity index (χ1) is 14.1. The molecule has 1 amide bonds. The van der Waals surface area contributed by atoms with Crippen LogP contribution in [-0.4, -0.2) is 20.5 Å². The first kappa shape index (κ1) is 18.5. The van der Waals surface area contributed by atoms with Gasteiger partial charge in [-0.2, -0.15) is 5.10 Å². The molecule has 2 aromatic carbocycles. The van der Waals surface area contributed by atoms with E-state index in [0.717, 1.165) is 0 Å². The summed E-state index contributed by atoms with van der Waals surface area (Å²) in [5.74, 6) is -0.834. The van der Waals surface area contributed by atoms with E-state index in [4.69, 9.17) is 4.74 Å². The molecular weight excluding hydrogens is 378 g/mol. The summed E-state index contributed by atoms with van der Waals surface area (Å²) in [5.41, 5.74) is 1.58. The van der Waals surface area contributed by atoms with Crippen molar-refractivity contribution in [2.45, 2.75) is 13.2 Å². The molecule has 2 aromatic heterocycles. The lowest BCUT2D eigenvalue weighted by atomic mass is 10.2. The Labute approximate surface area is 164 Å². The molecular formula is C21H16F2N4O2. The third-order valence-electron chi connectivity index (χ3n) is 4.35. The van der Waals surface area contributed by atoms with Crippen LogP contribution in [0.25, 0.3) is 5.65 Å². The summed E-state index contributed by atoms with van der Waals surface area (Å²) in [6.07, 6.45) is 3.01. The van der Waals surface area contributed by atoms with Gasteiger partial charge in [0.25, 0.3) is 5.91 Å². The molecule has 0 atom stereocenters. The summed E-state index contributed by atoms with van der Waals surface area (Å²) in [6.45, 7) is -0.0120. The van der Waals surface area contributed by atoms with Gasteiger partial charge in [-0.1, -0.05) is 18.2 Å². The third-order valence-corrected chi connectivity index (χ3v) is 4.35. The van der Waals surface area contributed by atoms with Crippen molar-refractivity contribution in [1.82, 2.24) is 19.9 Å². The van der Waals surface area contributed by atoms with Crippen LogP contribution in [-0.2, 0) is 13.2 Å². The van der Waals surface area contributed by atoms with Crippen molar-refractivity contribution in [2.24, 2.45) is 0 Å². The number of carbonyl (C=O) groups excluding carboxylic acids is 1. The molecule has 0 aliphatic heterocycles. The van der Waals surface area contributed by atoms with Gasteiger partial charge in [0.05, 0.1) is 0 Å². The van der Waals surface area contributed by atoms with Crippen molar-refractivity contribution >= 4 is 11.6 Å². The number of fused-ring (bicyclic) bond motifs is 1. The fraction of sp³-hybridized carbons (Fsp3) is 0.0952. The molecule has 0 radical (unpaired) electrons. The Kier molecular flexibility index (Phi) is 5.15. The average molecular weight is 394 g/mol. The predicted molar refractivity (Wildman–Crippen MR) is 101 cm³/mol. The molecule has 4 aromatic rings. The number of hydrogen-bond donors (Lipinski definition) is 1. The molecule has 0 saturated heterocycles. The van der Waals surface area contributed by atoms with Crippen LogP contribution >= 0.6 is 0 Å². The van der Waals surface area contributed by atoms with Crippen molar-refractivity contribution in [3.05, 3.63) is 95.4 Å². The molecule has 0 saturated carbocycles. The summed E-state index contributed by atoms with van der Waals surface area (Å²) in [6, 6.07) is 13.7. The minimum Gasteiger partial charge on any atom is -0.489 e. The van der Waals surface area contributed by atoms with E-state index in [0.29, 0.717) is 22.5 Å². The van der Waals surface area contributed by atoms with Crippen LogP contribution in [0.2, 0.25) is 0 Å². The van der Waals surface area contributed by atoms with E-state index >= 15 is 0 Å². The van der Waals surface area contributed by atoms with E-state index in [1.165, 1.54) is 35.1 Å². The van der Waals surface area contributed by atoms with Gasteiger partial charge >= 0.3 is 0 Å². The van der Waals surface area contributed by atoms with Gasteiger partial charge in [0.15, 0.2) is 5.65 Å². The number of nitrogens with one attached hydrogen (secondary N) is 1. The summed E-state index contributed by atoms with van der Waals surface area (Å²) in [5, 5.41) is 6.64.